The molecule has 158 valence electrons. The molecule has 1 amide bonds. The van der Waals surface area contributed by atoms with Crippen molar-refractivity contribution in [3.63, 3.8) is 0 Å². The molecule has 0 saturated heterocycles. The summed E-state index contributed by atoms with van der Waals surface area (Å²) in [5.41, 5.74) is 2.55. The highest BCUT2D eigenvalue weighted by Gasteiger charge is 2.39. The minimum absolute atomic E-state index is 0.134. The van der Waals surface area contributed by atoms with Gasteiger partial charge in [-0.3, -0.25) is 4.79 Å². The van der Waals surface area contributed by atoms with Crippen molar-refractivity contribution in [3.8, 4) is 11.6 Å². The summed E-state index contributed by atoms with van der Waals surface area (Å²) in [5, 5.41) is 6.33. The van der Waals surface area contributed by atoms with Crippen molar-refractivity contribution in [1.29, 1.82) is 0 Å². The van der Waals surface area contributed by atoms with Gasteiger partial charge < -0.3 is 15.4 Å². The second-order valence-corrected chi connectivity index (χ2v) is 7.66. The minimum atomic E-state index is -0.176. The van der Waals surface area contributed by atoms with E-state index in [1.165, 1.54) is 5.56 Å². The molecular weight excluding hydrogens is 400 g/mol. The lowest BCUT2D eigenvalue weighted by Crippen LogP contribution is -2.27. The first kappa shape index (κ1) is 19.8. The second kappa shape index (κ2) is 8.89. The lowest BCUT2D eigenvalue weighted by molar-refractivity contribution is 0.0947. The Morgan fingerprint density at radius 3 is 2.41 bits per heavy atom. The Balaban J connectivity index is 1.24. The molecule has 1 aliphatic carbocycles. The molecule has 6 heteroatoms. The van der Waals surface area contributed by atoms with Gasteiger partial charge in [-0.1, -0.05) is 36.4 Å². The average molecular weight is 422 g/mol. The van der Waals surface area contributed by atoms with E-state index in [2.05, 4.69) is 32.7 Å². The molecule has 2 heterocycles. The fraction of sp³-hybridized carbons (Fsp3) is 0.115. The molecule has 4 aromatic rings. The smallest absolute Gasteiger partial charge is 0.257 e. The van der Waals surface area contributed by atoms with Gasteiger partial charge in [-0.05, 0) is 60.5 Å². The van der Waals surface area contributed by atoms with Crippen LogP contribution in [0.4, 0.5) is 11.5 Å². The summed E-state index contributed by atoms with van der Waals surface area (Å²) in [6, 6.07) is 27.0. The standard InChI is InChI=1S/C26H22N4O2/c31-25(30-23-17-22(23)18-7-2-1-3-8-18)21-9-6-16-28-26(21)32-20-13-11-19(12-14-20)29-24-10-4-5-15-27-24/h1-16,22-23H,17H2,(H,27,29)(H,30,31). The number of hydrogen-bond acceptors (Lipinski definition) is 5. The second-order valence-electron chi connectivity index (χ2n) is 7.66. The van der Waals surface area contributed by atoms with Gasteiger partial charge in [0, 0.05) is 30.0 Å². The van der Waals surface area contributed by atoms with Crippen molar-refractivity contribution in [2.75, 3.05) is 5.32 Å². The zero-order valence-corrected chi connectivity index (χ0v) is 17.3. The number of carbonyl (C=O) groups excluding carboxylic acids is 1. The van der Waals surface area contributed by atoms with Gasteiger partial charge in [-0.25, -0.2) is 9.97 Å². The molecular formula is C26H22N4O2. The molecule has 0 bridgehead atoms. The molecule has 5 rings (SSSR count). The Kier molecular flexibility index (Phi) is 5.49. The van der Waals surface area contributed by atoms with Crippen molar-refractivity contribution in [3.05, 3.63) is 108 Å². The third kappa shape index (κ3) is 4.59. The van der Waals surface area contributed by atoms with Crippen LogP contribution < -0.4 is 15.4 Å². The third-order valence-electron chi connectivity index (χ3n) is 5.36. The molecule has 2 aromatic carbocycles. The van der Waals surface area contributed by atoms with Crippen LogP contribution in [0.2, 0.25) is 0 Å². The van der Waals surface area contributed by atoms with E-state index in [1.54, 1.807) is 24.5 Å². The molecule has 2 N–H and O–H groups in total. The van der Waals surface area contributed by atoms with Gasteiger partial charge >= 0.3 is 0 Å². The molecule has 2 atom stereocenters. The molecule has 32 heavy (non-hydrogen) atoms. The summed E-state index contributed by atoms with van der Waals surface area (Å²) < 4.78 is 5.93. The van der Waals surface area contributed by atoms with E-state index in [0.717, 1.165) is 17.9 Å². The van der Waals surface area contributed by atoms with Gasteiger partial charge in [0.05, 0.1) is 0 Å². The normalized spacial score (nSPS) is 16.8. The lowest BCUT2D eigenvalue weighted by Gasteiger charge is -2.11. The van der Waals surface area contributed by atoms with Gasteiger partial charge in [0.25, 0.3) is 5.91 Å². The van der Waals surface area contributed by atoms with Gasteiger partial charge in [-0.2, -0.15) is 0 Å². The minimum Gasteiger partial charge on any atom is -0.438 e. The molecule has 0 aliphatic heterocycles. The van der Waals surface area contributed by atoms with Gasteiger partial charge in [0.2, 0.25) is 5.88 Å². The molecule has 6 nitrogen and oxygen atoms in total. The Morgan fingerprint density at radius 2 is 1.62 bits per heavy atom. The summed E-state index contributed by atoms with van der Waals surface area (Å²) in [4.78, 5) is 21.4. The Bertz CT molecular complexity index is 1200. The largest absolute Gasteiger partial charge is 0.438 e. The molecule has 0 spiro atoms. The number of nitrogens with zero attached hydrogens (tertiary/aromatic N) is 2. The number of anilines is 2. The number of amides is 1. The van der Waals surface area contributed by atoms with E-state index in [4.69, 9.17) is 4.74 Å². The molecule has 2 unspecified atom stereocenters. The van der Waals surface area contributed by atoms with Crippen molar-refractivity contribution in [2.24, 2.45) is 0 Å². The summed E-state index contributed by atoms with van der Waals surface area (Å²) in [6.07, 6.45) is 4.29. The van der Waals surface area contributed by atoms with Crippen molar-refractivity contribution in [2.45, 2.75) is 18.4 Å². The van der Waals surface area contributed by atoms with Gasteiger partial charge in [0.1, 0.15) is 17.1 Å². The SMILES string of the molecule is O=C(NC1CC1c1ccccc1)c1cccnc1Oc1ccc(Nc2ccccn2)cc1. The predicted molar refractivity (Wildman–Crippen MR) is 123 cm³/mol. The van der Waals surface area contributed by atoms with E-state index in [-0.39, 0.29) is 17.8 Å². The monoisotopic (exact) mass is 422 g/mol. The molecule has 1 fully saturated rings. The summed E-state index contributed by atoms with van der Waals surface area (Å²) >= 11 is 0. The van der Waals surface area contributed by atoms with Crippen LogP contribution in [0.15, 0.2) is 97.3 Å². The number of benzene rings is 2. The van der Waals surface area contributed by atoms with Crippen LogP contribution in [0.3, 0.4) is 0 Å². The maximum absolute atomic E-state index is 12.9. The summed E-state index contributed by atoms with van der Waals surface area (Å²) in [6.45, 7) is 0. The fourth-order valence-corrected chi connectivity index (χ4v) is 3.62. The van der Waals surface area contributed by atoms with E-state index < -0.39 is 0 Å². The maximum Gasteiger partial charge on any atom is 0.257 e. The van der Waals surface area contributed by atoms with E-state index in [0.29, 0.717) is 17.2 Å². The van der Waals surface area contributed by atoms with Crippen molar-refractivity contribution >= 4 is 17.4 Å². The fourth-order valence-electron chi connectivity index (χ4n) is 3.62. The van der Waals surface area contributed by atoms with Crippen LogP contribution in [0, 0.1) is 0 Å². The van der Waals surface area contributed by atoms with E-state index in [1.807, 2.05) is 60.7 Å². The third-order valence-corrected chi connectivity index (χ3v) is 5.36. The maximum atomic E-state index is 12.9. The number of nitrogens with one attached hydrogen (secondary N) is 2. The van der Waals surface area contributed by atoms with Gasteiger partial charge in [0.15, 0.2) is 0 Å². The first-order valence-electron chi connectivity index (χ1n) is 10.5. The van der Waals surface area contributed by atoms with Crippen LogP contribution >= 0.6 is 0 Å². The highest BCUT2D eigenvalue weighted by Crippen LogP contribution is 2.41. The Hall–Kier alpha value is -4.19. The summed E-state index contributed by atoms with van der Waals surface area (Å²) in [5.74, 6) is 1.83. The number of rotatable bonds is 7. The zero-order chi connectivity index (χ0) is 21.8. The van der Waals surface area contributed by atoms with Crippen molar-refractivity contribution in [1.82, 2.24) is 15.3 Å². The van der Waals surface area contributed by atoms with Crippen LogP contribution in [-0.2, 0) is 0 Å². The van der Waals surface area contributed by atoms with E-state index in [9.17, 15) is 4.79 Å². The number of carbonyl (C=O) groups is 1. The first-order chi connectivity index (χ1) is 15.8. The van der Waals surface area contributed by atoms with Crippen LogP contribution in [0.1, 0.15) is 28.3 Å². The number of aromatic nitrogens is 2. The first-order valence-corrected chi connectivity index (χ1v) is 10.5. The van der Waals surface area contributed by atoms with Crippen LogP contribution in [0.5, 0.6) is 11.6 Å². The quantitative estimate of drug-likeness (QED) is 0.423. The summed E-state index contributed by atoms with van der Waals surface area (Å²) in [7, 11) is 0. The lowest BCUT2D eigenvalue weighted by atomic mass is 10.1. The van der Waals surface area contributed by atoms with Crippen LogP contribution in [0.25, 0.3) is 0 Å². The molecule has 1 saturated carbocycles. The average Bonchev–Trinajstić information content (AvgIpc) is 3.61. The van der Waals surface area contributed by atoms with Gasteiger partial charge in [-0.15, -0.1) is 0 Å². The highest BCUT2D eigenvalue weighted by atomic mass is 16.5. The Labute approximate surface area is 186 Å². The zero-order valence-electron chi connectivity index (χ0n) is 17.3. The molecule has 1 aliphatic rings. The Morgan fingerprint density at radius 1 is 0.844 bits per heavy atom. The number of ether oxygens (including phenoxy) is 1. The molecule has 2 aromatic heterocycles. The highest BCUT2D eigenvalue weighted by molar-refractivity contribution is 5.96. The topological polar surface area (TPSA) is 76.1 Å². The number of pyridine rings is 2. The molecule has 0 radical (unpaired) electrons. The number of hydrogen-bond donors (Lipinski definition) is 2. The van der Waals surface area contributed by atoms with Crippen LogP contribution in [-0.4, -0.2) is 21.9 Å². The predicted octanol–water partition coefficient (Wildman–Crippen LogP) is 5.30. The van der Waals surface area contributed by atoms with Crippen molar-refractivity contribution < 1.29 is 9.53 Å². The van der Waals surface area contributed by atoms with E-state index >= 15 is 0 Å².